The minimum Gasteiger partial charge on any atom is -0.354 e. The number of amides is 2. The molecule has 0 bridgehead atoms. The smallest absolute Gasteiger partial charge is 0.354 e. The molecule has 48 heavy (non-hydrogen) atoms. The minimum atomic E-state index is -4.85. The Labute approximate surface area is 282 Å². The number of nitrogens with one attached hydrogen (secondary N) is 1. The summed E-state index contributed by atoms with van der Waals surface area (Å²) in [6.45, 7) is 1.01. The number of alkyl halides is 3. The lowest BCUT2D eigenvalue weighted by Gasteiger charge is -2.34. The van der Waals surface area contributed by atoms with Gasteiger partial charge in [0.15, 0.2) is 0 Å². The molecule has 4 rings (SSSR count). The van der Waals surface area contributed by atoms with Crippen LogP contribution >= 0.6 is 11.6 Å². The van der Waals surface area contributed by atoms with Crippen molar-refractivity contribution >= 4 is 39.1 Å². The molecule has 0 saturated heterocycles. The van der Waals surface area contributed by atoms with Gasteiger partial charge in [0.05, 0.1) is 21.2 Å². The number of carbonyl (C=O) groups is 2. The number of rotatable bonds is 14. The molecule has 7 nitrogen and oxygen atoms in total. The fourth-order valence-corrected chi connectivity index (χ4v) is 6.68. The number of carbonyl (C=O) groups excluding carboxylic acids is 2. The van der Waals surface area contributed by atoms with E-state index in [4.69, 9.17) is 11.6 Å². The summed E-state index contributed by atoms with van der Waals surface area (Å²) < 4.78 is 83.9. The summed E-state index contributed by atoms with van der Waals surface area (Å²) >= 11 is 6.34. The fourth-order valence-electron chi connectivity index (χ4n) is 4.96. The molecule has 4 aromatic rings. The molecule has 0 radical (unpaired) electrons. The van der Waals surface area contributed by atoms with Gasteiger partial charge in [-0.1, -0.05) is 85.6 Å². The molecule has 0 aliphatic rings. The number of unbranched alkanes of at least 4 members (excludes halogenated alkanes) is 1. The molecule has 0 saturated carbocycles. The van der Waals surface area contributed by atoms with Crippen LogP contribution in [0.1, 0.15) is 36.5 Å². The van der Waals surface area contributed by atoms with E-state index < -0.39 is 57.7 Å². The topological polar surface area (TPSA) is 86.8 Å². The SMILES string of the molecule is CCCCNC(=O)C(Cc1ccccc1)N(Cc1ccc(F)cc1)C(=O)CN(c1cc(C(F)(F)F)ccc1Cl)S(=O)(=O)c1ccccc1. The lowest BCUT2D eigenvalue weighted by molar-refractivity contribution is -0.140. The number of sulfonamides is 1. The van der Waals surface area contributed by atoms with Gasteiger partial charge in [-0.25, -0.2) is 12.8 Å². The van der Waals surface area contributed by atoms with Crippen molar-refractivity contribution < 1.29 is 35.6 Å². The monoisotopic (exact) mass is 703 g/mol. The molecule has 0 aromatic heterocycles. The largest absolute Gasteiger partial charge is 0.416 e. The number of halogens is 5. The Morgan fingerprint density at radius 1 is 0.875 bits per heavy atom. The third kappa shape index (κ3) is 9.35. The molecule has 2 amide bonds. The molecule has 254 valence electrons. The second kappa shape index (κ2) is 16.1. The fraction of sp³-hybridized carbons (Fsp3) is 0.257. The summed E-state index contributed by atoms with van der Waals surface area (Å²) in [5.41, 5.74) is -0.626. The average Bonchev–Trinajstić information content (AvgIpc) is 3.06. The maximum absolute atomic E-state index is 14.4. The van der Waals surface area contributed by atoms with Crippen molar-refractivity contribution in [2.24, 2.45) is 0 Å². The summed E-state index contributed by atoms with van der Waals surface area (Å²) in [5.74, 6) is -1.95. The van der Waals surface area contributed by atoms with E-state index in [0.29, 0.717) is 40.5 Å². The average molecular weight is 704 g/mol. The van der Waals surface area contributed by atoms with Crippen LogP contribution in [0.2, 0.25) is 5.02 Å². The Balaban J connectivity index is 1.85. The summed E-state index contributed by atoms with van der Waals surface area (Å²) in [6, 6.07) is 21.9. The summed E-state index contributed by atoms with van der Waals surface area (Å²) in [7, 11) is -4.68. The van der Waals surface area contributed by atoms with E-state index in [-0.39, 0.29) is 22.9 Å². The van der Waals surface area contributed by atoms with E-state index >= 15 is 0 Å². The Morgan fingerprint density at radius 3 is 2.10 bits per heavy atom. The van der Waals surface area contributed by atoms with Crippen LogP contribution in [0.5, 0.6) is 0 Å². The molecular weight excluding hydrogens is 670 g/mol. The van der Waals surface area contributed by atoms with Crippen LogP contribution < -0.4 is 9.62 Å². The highest BCUT2D eigenvalue weighted by atomic mass is 35.5. The van der Waals surface area contributed by atoms with E-state index in [1.54, 1.807) is 36.4 Å². The molecule has 1 atom stereocenters. The van der Waals surface area contributed by atoms with Crippen LogP contribution in [0.4, 0.5) is 23.2 Å². The predicted octanol–water partition coefficient (Wildman–Crippen LogP) is 7.25. The predicted molar refractivity (Wildman–Crippen MR) is 176 cm³/mol. The van der Waals surface area contributed by atoms with Crippen LogP contribution in [0, 0.1) is 5.82 Å². The zero-order valence-electron chi connectivity index (χ0n) is 26.0. The summed E-state index contributed by atoms with van der Waals surface area (Å²) in [4.78, 5) is 29.1. The minimum absolute atomic E-state index is 0.0292. The van der Waals surface area contributed by atoms with Gasteiger partial charge in [-0.3, -0.25) is 13.9 Å². The molecule has 1 unspecified atom stereocenters. The number of anilines is 1. The van der Waals surface area contributed by atoms with Crippen molar-refractivity contribution in [3.63, 3.8) is 0 Å². The van der Waals surface area contributed by atoms with E-state index in [1.165, 1.54) is 48.5 Å². The second-order valence-electron chi connectivity index (χ2n) is 11.0. The van der Waals surface area contributed by atoms with Gasteiger partial charge in [0.2, 0.25) is 11.8 Å². The lowest BCUT2D eigenvalue weighted by atomic mass is 10.0. The number of hydrogen-bond acceptors (Lipinski definition) is 4. The third-order valence-electron chi connectivity index (χ3n) is 7.52. The van der Waals surface area contributed by atoms with Crippen LogP contribution in [0.25, 0.3) is 0 Å². The molecule has 0 aliphatic carbocycles. The molecule has 0 heterocycles. The normalized spacial score (nSPS) is 12.3. The highest BCUT2D eigenvalue weighted by Crippen LogP contribution is 2.37. The Bertz CT molecular complexity index is 1790. The maximum atomic E-state index is 14.4. The van der Waals surface area contributed by atoms with Crippen molar-refractivity contribution in [3.05, 3.63) is 131 Å². The molecule has 0 spiro atoms. The van der Waals surface area contributed by atoms with Gasteiger partial charge in [-0.2, -0.15) is 13.2 Å². The van der Waals surface area contributed by atoms with Crippen molar-refractivity contribution in [1.29, 1.82) is 0 Å². The number of benzene rings is 4. The zero-order valence-corrected chi connectivity index (χ0v) is 27.5. The van der Waals surface area contributed by atoms with Gasteiger partial charge in [0, 0.05) is 19.5 Å². The second-order valence-corrected chi connectivity index (χ2v) is 13.3. The van der Waals surface area contributed by atoms with Crippen molar-refractivity contribution in [2.45, 2.75) is 49.8 Å². The molecular formula is C35H34ClF4N3O4S. The van der Waals surface area contributed by atoms with Crippen LogP contribution in [-0.2, 0) is 38.8 Å². The van der Waals surface area contributed by atoms with Crippen LogP contribution in [0.15, 0.2) is 108 Å². The van der Waals surface area contributed by atoms with Crippen LogP contribution in [0.3, 0.4) is 0 Å². The van der Waals surface area contributed by atoms with Gasteiger partial charge >= 0.3 is 6.18 Å². The van der Waals surface area contributed by atoms with E-state index in [2.05, 4.69) is 5.32 Å². The van der Waals surface area contributed by atoms with E-state index in [0.717, 1.165) is 17.4 Å². The first-order chi connectivity index (χ1) is 22.8. The standard InChI is InChI=1S/C35H34ClF4N3O4S/c1-2-3-20-41-34(45)32(21-25-10-6-4-7-11-25)42(23-26-14-17-28(37)18-15-26)33(44)24-43(48(46,47)29-12-8-5-9-13-29)31-22-27(35(38,39)40)16-19-30(31)36/h4-19,22,32H,2-3,20-21,23-24H2,1H3,(H,41,45). The van der Waals surface area contributed by atoms with Crippen LogP contribution in [-0.4, -0.2) is 44.3 Å². The highest BCUT2D eigenvalue weighted by molar-refractivity contribution is 7.92. The molecule has 1 N–H and O–H groups in total. The Hall–Kier alpha value is -4.42. The van der Waals surface area contributed by atoms with Crippen molar-refractivity contribution in [1.82, 2.24) is 10.2 Å². The van der Waals surface area contributed by atoms with Gasteiger partial charge in [0.25, 0.3) is 10.0 Å². The third-order valence-corrected chi connectivity index (χ3v) is 9.61. The van der Waals surface area contributed by atoms with Crippen molar-refractivity contribution in [2.75, 3.05) is 17.4 Å². The highest BCUT2D eigenvalue weighted by Gasteiger charge is 2.37. The first-order valence-corrected chi connectivity index (χ1v) is 16.9. The maximum Gasteiger partial charge on any atom is 0.416 e. The first kappa shape index (κ1) is 36.4. The number of nitrogens with zero attached hydrogens (tertiary/aromatic N) is 2. The number of hydrogen-bond donors (Lipinski definition) is 1. The van der Waals surface area contributed by atoms with E-state index in [9.17, 15) is 35.6 Å². The van der Waals surface area contributed by atoms with Gasteiger partial charge in [-0.15, -0.1) is 0 Å². The zero-order chi connectivity index (χ0) is 34.9. The van der Waals surface area contributed by atoms with Gasteiger partial charge in [-0.05, 0) is 60.0 Å². The quantitative estimate of drug-likeness (QED) is 0.111. The molecule has 0 aliphatic heterocycles. The lowest BCUT2D eigenvalue weighted by Crippen LogP contribution is -2.53. The van der Waals surface area contributed by atoms with Crippen molar-refractivity contribution in [3.8, 4) is 0 Å². The van der Waals surface area contributed by atoms with Gasteiger partial charge < -0.3 is 10.2 Å². The van der Waals surface area contributed by atoms with E-state index in [1.807, 2.05) is 6.92 Å². The summed E-state index contributed by atoms with van der Waals surface area (Å²) in [6.07, 6.45) is -3.38. The Morgan fingerprint density at radius 2 is 1.50 bits per heavy atom. The first-order valence-electron chi connectivity index (χ1n) is 15.1. The Kier molecular flexibility index (Phi) is 12.2. The van der Waals surface area contributed by atoms with Gasteiger partial charge in [0.1, 0.15) is 18.4 Å². The molecule has 4 aromatic carbocycles. The summed E-state index contributed by atoms with van der Waals surface area (Å²) in [5, 5.41) is 2.49. The molecule has 13 heteroatoms. The molecule has 0 fully saturated rings.